The molecule has 0 spiro atoms. The summed E-state index contributed by atoms with van der Waals surface area (Å²) in [5.41, 5.74) is 0.0614. The van der Waals surface area contributed by atoms with Crippen molar-refractivity contribution in [3.63, 3.8) is 0 Å². The van der Waals surface area contributed by atoms with Gasteiger partial charge in [-0.05, 0) is 99.8 Å². The highest BCUT2D eigenvalue weighted by molar-refractivity contribution is 8.09. The predicted octanol–water partition coefficient (Wildman–Crippen LogP) is 12.7. The molecule has 6 rings (SSSR count). The highest BCUT2D eigenvalue weighted by Gasteiger charge is 2.34. The van der Waals surface area contributed by atoms with Crippen molar-refractivity contribution in [3.8, 4) is 56.7 Å². The van der Waals surface area contributed by atoms with E-state index in [9.17, 15) is 41.0 Å². The molecular weight excluding hydrogens is 1010 g/mol. The standard InChI is InChI=1S/C21H18ClF3NO4PS.C18H14ClNO3.C3H6ClF3OPS/c1-12-7-8-15(22)14(10-12)17-19(30-31(3,32)28-11-21(23,24)25)13(2)18(29-20(17)27)16-6-4-5-9-26-16;1-10-6-7-13(19)12(9-10)15-16(21)11(2)17(23-18(15)22)14-5-3-4-8-20-14;1-9(4,10)8-2-3(5,6)7/h4-10H,11H2,1-3H3;3-9,21H,1-2H3;4H,2H2,1H3/q;;+1. The van der Waals surface area contributed by atoms with Crippen LogP contribution in [0.15, 0.2) is 104 Å². The maximum atomic E-state index is 13.1. The summed E-state index contributed by atoms with van der Waals surface area (Å²) in [5.74, 6) is 0.154. The molecule has 2 atom stereocenters. The Labute approximate surface area is 393 Å². The molecule has 1 N–H and O–H groups in total. The highest BCUT2D eigenvalue weighted by atomic mass is 35.7. The molecule has 2 aromatic carbocycles. The molecule has 4 heterocycles. The van der Waals surface area contributed by atoms with Gasteiger partial charge in [0.15, 0.2) is 36.0 Å². The SMILES string of the molecule is CP(=S)([ClH+])OCC(F)(F)F.Cc1ccc(Cl)c(-c2c(O)c(C)c(-c3ccccn3)oc2=O)c1.Cc1ccc(Cl)c(-c2c(OP(C)(=S)OCC(F)(F)F)c(C)c(-c3ccccn3)oc2=O)c1. The third-order valence-electron chi connectivity index (χ3n) is 8.40. The van der Waals surface area contributed by atoms with Gasteiger partial charge in [0.2, 0.25) is 6.49 Å². The van der Waals surface area contributed by atoms with E-state index in [4.69, 9.17) is 52.9 Å². The second kappa shape index (κ2) is 22.1. The summed E-state index contributed by atoms with van der Waals surface area (Å²) in [6.07, 6.45) is -5.80. The van der Waals surface area contributed by atoms with Gasteiger partial charge in [-0.2, -0.15) is 26.3 Å². The van der Waals surface area contributed by atoms with E-state index in [-0.39, 0.29) is 39.2 Å². The number of pyridine rings is 2. The quantitative estimate of drug-likeness (QED) is 0.103. The third kappa shape index (κ3) is 15.8. The average Bonchev–Trinajstić information content (AvgIpc) is 3.22. The lowest BCUT2D eigenvalue weighted by atomic mass is 10.0. The van der Waals surface area contributed by atoms with Crippen LogP contribution in [-0.4, -0.2) is 54.0 Å². The van der Waals surface area contributed by atoms with E-state index in [1.54, 1.807) is 93.7 Å². The molecule has 0 saturated heterocycles. The Bertz CT molecular complexity index is 2870. The fourth-order valence-electron chi connectivity index (χ4n) is 5.52. The number of benzene rings is 2. The fourth-order valence-corrected chi connectivity index (χ4v) is 8.01. The van der Waals surface area contributed by atoms with Gasteiger partial charge in [-0.1, -0.05) is 58.6 Å². The molecule has 0 bridgehead atoms. The number of rotatable bonds is 10. The van der Waals surface area contributed by atoms with Gasteiger partial charge in [-0.25, -0.2) is 9.59 Å². The molecule has 23 heteroatoms. The molecular formula is C42H38Cl3F6N2O8P2S2+. The fraction of sp³-hybridized carbons (Fsp3) is 0.238. The van der Waals surface area contributed by atoms with Gasteiger partial charge in [0.25, 0.3) is 0 Å². The van der Waals surface area contributed by atoms with Gasteiger partial charge >= 0.3 is 29.2 Å². The lowest BCUT2D eigenvalue weighted by molar-refractivity contribution is -0.201. The molecule has 0 aliphatic carbocycles. The topological polar surface area (TPSA) is 134 Å². The molecule has 0 fully saturated rings. The Balaban J connectivity index is 0.000000243. The number of hydrogen-bond donors (Lipinski definition) is 1. The average molecular weight is 1050 g/mol. The largest absolute Gasteiger partial charge is 0.507 e. The summed E-state index contributed by atoms with van der Waals surface area (Å²) in [6.45, 7) is 3.15. The zero-order valence-electron chi connectivity index (χ0n) is 34.8. The lowest BCUT2D eigenvalue weighted by Gasteiger charge is -2.23. The van der Waals surface area contributed by atoms with Crippen LogP contribution in [0.1, 0.15) is 22.3 Å². The van der Waals surface area contributed by atoms with Crippen LogP contribution in [0.5, 0.6) is 11.5 Å². The van der Waals surface area contributed by atoms with E-state index in [1.807, 2.05) is 13.0 Å². The minimum Gasteiger partial charge on any atom is -0.507 e. The van der Waals surface area contributed by atoms with Crippen molar-refractivity contribution in [3.05, 3.63) is 138 Å². The maximum absolute atomic E-state index is 13.1. The Morgan fingerprint density at radius 3 is 1.54 bits per heavy atom. The van der Waals surface area contributed by atoms with Crippen molar-refractivity contribution < 1.29 is 65.1 Å². The number of aromatic hydroxyl groups is 1. The molecule has 0 saturated carbocycles. The van der Waals surface area contributed by atoms with Crippen LogP contribution in [0.2, 0.25) is 10.0 Å². The molecule has 10 nitrogen and oxygen atoms in total. The zero-order chi connectivity index (χ0) is 48.7. The number of alkyl halides is 6. The first kappa shape index (κ1) is 53.5. The van der Waals surface area contributed by atoms with Crippen molar-refractivity contribution in [2.45, 2.75) is 40.0 Å². The van der Waals surface area contributed by atoms with Crippen LogP contribution in [0.3, 0.4) is 0 Å². The van der Waals surface area contributed by atoms with E-state index in [2.05, 4.69) is 37.5 Å². The van der Waals surface area contributed by atoms with Crippen molar-refractivity contribution >= 4 is 58.9 Å². The van der Waals surface area contributed by atoms with Crippen molar-refractivity contribution in [1.29, 1.82) is 0 Å². The summed E-state index contributed by atoms with van der Waals surface area (Å²) in [5, 5.41) is 11.2. The summed E-state index contributed by atoms with van der Waals surface area (Å²) < 4.78 is 98.1. The summed E-state index contributed by atoms with van der Waals surface area (Å²) in [7, 11) is 0. The molecule has 65 heavy (non-hydrogen) atoms. The van der Waals surface area contributed by atoms with Gasteiger partial charge in [0, 0.05) is 58.0 Å². The number of aromatic nitrogens is 2. The van der Waals surface area contributed by atoms with Crippen LogP contribution >= 0.6 is 35.3 Å². The van der Waals surface area contributed by atoms with Crippen LogP contribution < -0.4 is 15.8 Å². The molecule has 0 radical (unpaired) electrons. The van der Waals surface area contributed by atoms with Gasteiger partial charge in [0.1, 0.15) is 34.0 Å². The maximum Gasteiger partial charge on any atom is 0.412 e. The van der Waals surface area contributed by atoms with Crippen molar-refractivity contribution in [2.75, 3.05) is 26.5 Å². The van der Waals surface area contributed by atoms with Crippen LogP contribution in [0, 0.1) is 38.9 Å². The van der Waals surface area contributed by atoms with E-state index >= 15 is 0 Å². The Hall–Kier alpha value is -4.09. The first-order valence-corrected chi connectivity index (χ1v) is 26.5. The molecule has 0 aliphatic heterocycles. The van der Waals surface area contributed by atoms with E-state index in [0.29, 0.717) is 38.7 Å². The number of halogens is 9. The molecule has 4 aromatic heterocycles. The molecule has 0 amide bonds. The summed E-state index contributed by atoms with van der Waals surface area (Å²) in [6, 6.07) is 20.5. The predicted molar refractivity (Wildman–Crippen MR) is 244 cm³/mol. The van der Waals surface area contributed by atoms with Crippen molar-refractivity contribution in [2.24, 2.45) is 0 Å². The third-order valence-corrected chi connectivity index (χ3v) is 11.9. The number of hydrogen-bond acceptors (Lipinski definition) is 12. The lowest BCUT2D eigenvalue weighted by Crippen LogP contribution is -2.17. The number of aryl methyl sites for hydroxylation is 2. The number of nitrogens with zero attached hydrogens (tertiary/aromatic N) is 2. The first-order chi connectivity index (χ1) is 30.1. The van der Waals surface area contributed by atoms with Crippen LogP contribution in [0.25, 0.3) is 45.2 Å². The van der Waals surface area contributed by atoms with Gasteiger partial charge in [0.05, 0.1) is 0 Å². The van der Waals surface area contributed by atoms with E-state index < -0.39 is 48.9 Å². The highest BCUT2D eigenvalue weighted by Crippen LogP contribution is 2.51. The second-order valence-corrected chi connectivity index (χ2v) is 25.4. The molecule has 6 aromatic rings. The van der Waals surface area contributed by atoms with Gasteiger partial charge in [-0.3, -0.25) is 14.5 Å². The van der Waals surface area contributed by atoms with E-state index in [0.717, 1.165) is 11.1 Å². The van der Waals surface area contributed by atoms with Gasteiger partial charge < -0.3 is 23.0 Å². The monoisotopic (exact) mass is 1040 g/mol. The Morgan fingerprint density at radius 2 is 1.12 bits per heavy atom. The Kier molecular flexibility index (Phi) is 18.2. The minimum absolute atomic E-state index is 0.0532. The van der Waals surface area contributed by atoms with Crippen LogP contribution in [0.4, 0.5) is 26.3 Å². The normalized spacial score (nSPS) is 13.3. The zero-order valence-corrected chi connectivity index (χ0v) is 40.6. The second-order valence-electron chi connectivity index (χ2n) is 13.9. The minimum atomic E-state index is -4.59. The van der Waals surface area contributed by atoms with E-state index in [1.165, 1.54) is 19.5 Å². The van der Waals surface area contributed by atoms with Crippen molar-refractivity contribution in [1.82, 2.24) is 9.97 Å². The van der Waals surface area contributed by atoms with Crippen LogP contribution in [-0.2, 0) is 32.7 Å². The first-order valence-electron chi connectivity index (χ1n) is 18.5. The summed E-state index contributed by atoms with van der Waals surface area (Å²) >= 11 is 26.6. The van der Waals surface area contributed by atoms with Gasteiger partial charge in [-0.15, -0.1) is 0 Å². The molecule has 0 aliphatic rings. The molecule has 2 unspecified atom stereocenters. The smallest absolute Gasteiger partial charge is 0.412 e. The summed E-state index contributed by atoms with van der Waals surface area (Å²) in [4.78, 5) is 33.9. The Morgan fingerprint density at radius 1 is 0.692 bits per heavy atom. The molecule has 348 valence electrons.